The molecular formula is C18H22FNO. The molecule has 0 heterocycles. The van der Waals surface area contributed by atoms with Gasteiger partial charge >= 0.3 is 0 Å². The predicted molar refractivity (Wildman–Crippen MR) is 84.4 cm³/mol. The van der Waals surface area contributed by atoms with Crippen LogP contribution >= 0.6 is 0 Å². The summed E-state index contributed by atoms with van der Waals surface area (Å²) in [4.78, 5) is 0. The molecule has 0 bridgehead atoms. The molecule has 0 saturated carbocycles. The van der Waals surface area contributed by atoms with Gasteiger partial charge in [-0.2, -0.15) is 0 Å². The molecule has 0 fully saturated rings. The summed E-state index contributed by atoms with van der Waals surface area (Å²) in [5, 5.41) is 3.44. The number of rotatable bonds is 6. The molecule has 0 aliphatic carbocycles. The maximum absolute atomic E-state index is 13.6. The summed E-state index contributed by atoms with van der Waals surface area (Å²) >= 11 is 0. The summed E-state index contributed by atoms with van der Waals surface area (Å²) < 4.78 is 19.3. The van der Waals surface area contributed by atoms with Crippen LogP contribution in [0.5, 0.6) is 11.5 Å². The summed E-state index contributed by atoms with van der Waals surface area (Å²) in [6.07, 6.45) is 1.01. The second-order valence-corrected chi connectivity index (χ2v) is 5.10. The Kier molecular flexibility index (Phi) is 5.34. The molecule has 0 aromatic heterocycles. The predicted octanol–water partition coefficient (Wildman–Crippen LogP) is 4.99. The number of halogens is 1. The molecule has 1 N–H and O–H groups in total. The van der Waals surface area contributed by atoms with Crippen LogP contribution in [0.4, 0.5) is 4.39 Å². The molecule has 3 heteroatoms. The molecule has 0 spiro atoms. The van der Waals surface area contributed by atoms with E-state index in [-0.39, 0.29) is 5.82 Å². The van der Waals surface area contributed by atoms with Crippen LogP contribution in [0.15, 0.2) is 42.5 Å². The lowest BCUT2D eigenvalue weighted by Gasteiger charge is -2.17. The Labute approximate surface area is 126 Å². The molecule has 2 rings (SSSR count). The average molecular weight is 287 g/mol. The zero-order valence-electron chi connectivity index (χ0n) is 12.8. The van der Waals surface area contributed by atoms with E-state index in [1.807, 2.05) is 18.2 Å². The fourth-order valence-electron chi connectivity index (χ4n) is 2.31. The first-order valence-electron chi connectivity index (χ1n) is 7.41. The zero-order chi connectivity index (χ0) is 15.2. The number of hydrogen-bond donors (Lipinski definition) is 1. The molecular weight excluding hydrogens is 265 g/mol. The summed E-state index contributed by atoms with van der Waals surface area (Å²) in [6.45, 7) is 6.91. The average Bonchev–Trinajstić information content (AvgIpc) is 2.49. The minimum absolute atomic E-state index is 0.247. The van der Waals surface area contributed by atoms with Gasteiger partial charge in [-0.3, -0.25) is 0 Å². The second kappa shape index (κ2) is 7.23. The smallest absolute Gasteiger partial charge is 0.130 e. The van der Waals surface area contributed by atoms with Crippen molar-refractivity contribution in [1.82, 2.24) is 5.32 Å². The van der Waals surface area contributed by atoms with Crippen LogP contribution in [0.1, 0.15) is 37.4 Å². The Morgan fingerprint density at radius 2 is 1.86 bits per heavy atom. The largest absolute Gasteiger partial charge is 0.457 e. The van der Waals surface area contributed by atoms with Gasteiger partial charge in [-0.15, -0.1) is 0 Å². The van der Waals surface area contributed by atoms with Crippen molar-refractivity contribution in [2.75, 3.05) is 6.54 Å². The topological polar surface area (TPSA) is 21.3 Å². The van der Waals surface area contributed by atoms with Gasteiger partial charge in [0.2, 0.25) is 0 Å². The van der Waals surface area contributed by atoms with E-state index in [1.165, 1.54) is 11.6 Å². The van der Waals surface area contributed by atoms with Crippen molar-refractivity contribution in [3.05, 3.63) is 59.4 Å². The SMILES string of the molecule is CCNC(CC)c1cccc(Oc2ccc(C)c(F)c2)c1. The van der Waals surface area contributed by atoms with E-state index in [1.54, 1.807) is 19.1 Å². The minimum Gasteiger partial charge on any atom is -0.457 e. The van der Waals surface area contributed by atoms with Crippen molar-refractivity contribution in [2.24, 2.45) is 0 Å². The number of ether oxygens (including phenoxy) is 1. The molecule has 2 nitrogen and oxygen atoms in total. The molecule has 2 aromatic rings. The van der Waals surface area contributed by atoms with E-state index in [0.29, 0.717) is 17.4 Å². The van der Waals surface area contributed by atoms with Crippen LogP contribution in [0, 0.1) is 12.7 Å². The van der Waals surface area contributed by atoms with Crippen molar-refractivity contribution in [3.63, 3.8) is 0 Å². The van der Waals surface area contributed by atoms with Gasteiger partial charge in [0.1, 0.15) is 17.3 Å². The standard InChI is InChI=1S/C18H22FNO/c1-4-18(20-5-2)14-7-6-8-15(11-14)21-16-10-9-13(3)17(19)12-16/h6-12,18,20H,4-5H2,1-3H3. The normalized spacial score (nSPS) is 12.2. The Morgan fingerprint density at radius 1 is 1.10 bits per heavy atom. The Balaban J connectivity index is 2.18. The summed E-state index contributed by atoms with van der Waals surface area (Å²) in [5.41, 5.74) is 1.80. The van der Waals surface area contributed by atoms with Gasteiger partial charge in [-0.25, -0.2) is 4.39 Å². The minimum atomic E-state index is -0.247. The van der Waals surface area contributed by atoms with Gasteiger partial charge in [0.05, 0.1) is 0 Å². The van der Waals surface area contributed by atoms with Gasteiger partial charge in [-0.05, 0) is 49.2 Å². The first-order chi connectivity index (χ1) is 10.1. The fourth-order valence-corrected chi connectivity index (χ4v) is 2.31. The van der Waals surface area contributed by atoms with E-state index in [4.69, 9.17) is 4.74 Å². The third kappa shape index (κ3) is 4.05. The molecule has 0 radical (unpaired) electrons. The number of aryl methyl sites for hydroxylation is 1. The third-order valence-corrected chi connectivity index (χ3v) is 3.50. The number of benzene rings is 2. The van der Waals surface area contributed by atoms with Crippen LogP contribution in [-0.4, -0.2) is 6.54 Å². The number of hydrogen-bond acceptors (Lipinski definition) is 2. The lowest BCUT2D eigenvalue weighted by molar-refractivity contribution is 0.471. The maximum Gasteiger partial charge on any atom is 0.130 e. The van der Waals surface area contributed by atoms with E-state index >= 15 is 0 Å². The monoisotopic (exact) mass is 287 g/mol. The highest BCUT2D eigenvalue weighted by Crippen LogP contribution is 2.26. The van der Waals surface area contributed by atoms with Gasteiger partial charge in [0.25, 0.3) is 0 Å². The summed E-state index contributed by atoms with van der Waals surface area (Å²) in [6, 6.07) is 13.2. The molecule has 0 amide bonds. The highest BCUT2D eigenvalue weighted by atomic mass is 19.1. The molecule has 112 valence electrons. The van der Waals surface area contributed by atoms with Crippen LogP contribution in [0.2, 0.25) is 0 Å². The van der Waals surface area contributed by atoms with Crippen molar-refractivity contribution < 1.29 is 9.13 Å². The molecule has 0 aliphatic heterocycles. The van der Waals surface area contributed by atoms with Crippen LogP contribution in [0.25, 0.3) is 0 Å². The first-order valence-corrected chi connectivity index (χ1v) is 7.41. The zero-order valence-corrected chi connectivity index (χ0v) is 12.8. The van der Waals surface area contributed by atoms with E-state index in [2.05, 4.69) is 25.2 Å². The van der Waals surface area contributed by atoms with Crippen LogP contribution in [-0.2, 0) is 0 Å². The van der Waals surface area contributed by atoms with Crippen molar-refractivity contribution >= 4 is 0 Å². The highest BCUT2D eigenvalue weighted by molar-refractivity contribution is 5.36. The molecule has 1 atom stereocenters. The van der Waals surface area contributed by atoms with Crippen LogP contribution < -0.4 is 10.1 Å². The Morgan fingerprint density at radius 3 is 2.52 bits per heavy atom. The van der Waals surface area contributed by atoms with E-state index in [0.717, 1.165) is 18.7 Å². The van der Waals surface area contributed by atoms with Gasteiger partial charge in [-0.1, -0.05) is 32.0 Å². The first kappa shape index (κ1) is 15.5. The van der Waals surface area contributed by atoms with Gasteiger partial charge in [0, 0.05) is 12.1 Å². The summed E-state index contributed by atoms with van der Waals surface area (Å²) in [7, 11) is 0. The maximum atomic E-state index is 13.6. The third-order valence-electron chi connectivity index (χ3n) is 3.50. The molecule has 21 heavy (non-hydrogen) atoms. The Hall–Kier alpha value is -1.87. The van der Waals surface area contributed by atoms with Crippen molar-refractivity contribution in [2.45, 2.75) is 33.2 Å². The Bertz CT molecular complexity index is 598. The van der Waals surface area contributed by atoms with E-state index < -0.39 is 0 Å². The fraction of sp³-hybridized carbons (Fsp3) is 0.333. The highest BCUT2D eigenvalue weighted by Gasteiger charge is 2.09. The molecule has 1 unspecified atom stereocenters. The van der Waals surface area contributed by atoms with Crippen LogP contribution in [0.3, 0.4) is 0 Å². The number of nitrogens with one attached hydrogen (secondary N) is 1. The lowest BCUT2D eigenvalue weighted by Crippen LogP contribution is -2.19. The molecule has 0 aliphatic rings. The molecule has 0 saturated heterocycles. The van der Waals surface area contributed by atoms with Gasteiger partial charge in [0.15, 0.2) is 0 Å². The quantitative estimate of drug-likeness (QED) is 0.808. The van der Waals surface area contributed by atoms with Crippen molar-refractivity contribution in [1.29, 1.82) is 0 Å². The van der Waals surface area contributed by atoms with Gasteiger partial charge < -0.3 is 10.1 Å². The summed E-state index contributed by atoms with van der Waals surface area (Å²) in [5.74, 6) is 1.00. The second-order valence-electron chi connectivity index (χ2n) is 5.10. The van der Waals surface area contributed by atoms with Crippen molar-refractivity contribution in [3.8, 4) is 11.5 Å². The lowest BCUT2D eigenvalue weighted by atomic mass is 10.0. The van der Waals surface area contributed by atoms with E-state index in [9.17, 15) is 4.39 Å². The molecule has 2 aromatic carbocycles.